The van der Waals surface area contributed by atoms with E-state index in [9.17, 15) is 4.79 Å². The van der Waals surface area contributed by atoms with Crippen molar-refractivity contribution in [2.75, 3.05) is 13.1 Å². The fourth-order valence-electron chi connectivity index (χ4n) is 3.82. The molecule has 1 N–H and O–H groups in total. The molecule has 0 saturated carbocycles. The van der Waals surface area contributed by atoms with Crippen LogP contribution in [-0.4, -0.2) is 43.4 Å². The minimum Gasteiger partial charge on any atom is -0.336 e. The lowest BCUT2D eigenvalue weighted by Gasteiger charge is -2.29. The summed E-state index contributed by atoms with van der Waals surface area (Å²) in [4.78, 5) is 28.4. The van der Waals surface area contributed by atoms with Gasteiger partial charge in [-0.15, -0.1) is 0 Å². The van der Waals surface area contributed by atoms with E-state index < -0.39 is 0 Å². The molecule has 0 aromatic carbocycles. The Bertz CT molecular complexity index is 793. The van der Waals surface area contributed by atoms with E-state index in [1.165, 1.54) is 6.42 Å². The molecule has 7 heteroatoms. The molecular formula is C19H26N6O. The van der Waals surface area contributed by atoms with E-state index in [0.29, 0.717) is 25.6 Å². The van der Waals surface area contributed by atoms with Crippen LogP contribution in [-0.2, 0) is 24.3 Å². The van der Waals surface area contributed by atoms with Gasteiger partial charge in [0, 0.05) is 49.6 Å². The zero-order valence-corrected chi connectivity index (χ0v) is 15.5. The van der Waals surface area contributed by atoms with Crippen molar-refractivity contribution in [3.63, 3.8) is 0 Å². The first kappa shape index (κ1) is 17.1. The molecule has 138 valence electrons. The number of carbonyl (C=O) groups is 1. The first-order valence-electron chi connectivity index (χ1n) is 9.48. The van der Waals surface area contributed by atoms with E-state index in [1.54, 1.807) is 6.20 Å². The number of imidazole rings is 1. The van der Waals surface area contributed by atoms with Gasteiger partial charge in [-0.2, -0.15) is 0 Å². The van der Waals surface area contributed by atoms with E-state index in [4.69, 9.17) is 4.98 Å². The van der Waals surface area contributed by atoms with Crippen LogP contribution >= 0.6 is 0 Å². The third-order valence-electron chi connectivity index (χ3n) is 5.25. The van der Waals surface area contributed by atoms with Gasteiger partial charge in [-0.05, 0) is 19.4 Å². The van der Waals surface area contributed by atoms with Gasteiger partial charge in [0.2, 0.25) is 5.91 Å². The molecule has 1 fully saturated rings. The molecule has 7 nitrogen and oxygen atoms in total. The Morgan fingerprint density at radius 2 is 2.27 bits per heavy atom. The summed E-state index contributed by atoms with van der Waals surface area (Å²) >= 11 is 0. The summed E-state index contributed by atoms with van der Waals surface area (Å²) in [6, 6.07) is 0.288. The molecule has 0 bridgehead atoms. The first-order chi connectivity index (χ1) is 12.6. The van der Waals surface area contributed by atoms with Crippen molar-refractivity contribution in [1.82, 2.24) is 29.7 Å². The van der Waals surface area contributed by atoms with Gasteiger partial charge in [-0.25, -0.2) is 15.0 Å². The number of carbonyl (C=O) groups excluding carboxylic acids is 1. The van der Waals surface area contributed by atoms with Crippen molar-refractivity contribution in [3.05, 3.63) is 41.5 Å². The van der Waals surface area contributed by atoms with E-state index in [-0.39, 0.29) is 11.9 Å². The maximum atomic E-state index is 12.8. The van der Waals surface area contributed by atoms with Gasteiger partial charge in [-0.3, -0.25) is 4.79 Å². The first-order valence-corrected chi connectivity index (χ1v) is 9.48. The number of hydrogen-bond acceptors (Lipinski definition) is 5. The third-order valence-corrected chi connectivity index (χ3v) is 5.25. The Labute approximate surface area is 153 Å². The number of hydrogen-bond donors (Lipinski definition) is 1. The molecule has 0 spiro atoms. The van der Waals surface area contributed by atoms with Gasteiger partial charge < -0.3 is 14.8 Å². The molecule has 2 aromatic heterocycles. The number of nitrogens with one attached hydrogen (secondary N) is 1. The molecule has 1 amide bonds. The summed E-state index contributed by atoms with van der Waals surface area (Å²) in [6.45, 7) is 6.88. The van der Waals surface area contributed by atoms with Crippen molar-refractivity contribution in [1.29, 1.82) is 0 Å². The number of rotatable bonds is 4. The lowest BCUT2D eigenvalue weighted by atomic mass is 10.1. The average molecular weight is 354 g/mol. The molecule has 1 saturated heterocycles. The zero-order valence-electron chi connectivity index (χ0n) is 15.5. The molecule has 26 heavy (non-hydrogen) atoms. The van der Waals surface area contributed by atoms with Crippen LogP contribution in [0.3, 0.4) is 0 Å². The van der Waals surface area contributed by atoms with Crippen molar-refractivity contribution in [3.8, 4) is 0 Å². The Balaban J connectivity index is 1.44. The van der Waals surface area contributed by atoms with Crippen LogP contribution in [0.25, 0.3) is 0 Å². The molecule has 1 atom stereocenters. The van der Waals surface area contributed by atoms with Gasteiger partial charge >= 0.3 is 0 Å². The van der Waals surface area contributed by atoms with Crippen LogP contribution in [0.2, 0.25) is 0 Å². The Hall–Kier alpha value is -2.28. The van der Waals surface area contributed by atoms with Crippen LogP contribution in [0.15, 0.2) is 18.6 Å². The molecular weight excluding hydrogens is 328 g/mol. The summed E-state index contributed by atoms with van der Waals surface area (Å²) in [7, 11) is 0. The maximum absolute atomic E-state index is 12.8. The quantitative estimate of drug-likeness (QED) is 0.906. The minimum absolute atomic E-state index is 0.122. The van der Waals surface area contributed by atoms with Crippen molar-refractivity contribution < 1.29 is 4.79 Å². The summed E-state index contributed by atoms with van der Waals surface area (Å²) in [5.74, 6) is 2.28. The standard InChI is InChI=1S/C19H26N6O/c1-13(2)19-21-7-9-25(19)12-17(26)24-8-5-15-14(11-24)10-22-18(23-15)16-4-3-6-20-16/h7,9-10,13,16,20H,3-6,8,11-12H2,1-2H3/t16-/m0/s1. The number of fused-ring (bicyclic) bond motifs is 1. The Morgan fingerprint density at radius 1 is 1.38 bits per heavy atom. The van der Waals surface area contributed by atoms with E-state index in [2.05, 4.69) is 29.1 Å². The lowest BCUT2D eigenvalue weighted by molar-refractivity contribution is -0.132. The predicted molar refractivity (Wildman–Crippen MR) is 97.4 cm³/mol. The summed E-state index contributed by atoms with van der Waals surface area (Å²) in [5, 5.41) is 3.45. The zero-order chi connectivity index (χ0) is 18.1. The topological polar surface area (TPSA) is 75.9 Å². The van der Waals surface area contributed by atoms with E-state index in [1.807, 2.05) is 21.9 Å². The summed E-state index contributed by atoms with van der Waals surface area (Å²) < 4.78 is 1.95. The number of nitrogens with zero attached hydrogens (tertiary/aromatic N) is 5. The van der Waals surface area contributed by atoms with E-state index in [0.717, 1.165) is 42.3 Å². The molecule has 2 aliphatic heterocycles. The van der Waals surface area contributed by atoms with Crippen LogP contribution in [0.4, 0.5) is 0 Å². The van der Waals surface area contributed by atoms with E-state index >= 15 is 0 Å². The van der Waals surface area contributed by atoms with Gasteiger partial charge in [0.25, 0.3) is 0 Å². The lowest BCUT2D eigenvalue weighted by Crippen LogP contribution is -2.38. The fraction of sp³-hybridized carbons (Fsp3) is 0.579. The highest BCUT2D eigenvalue weighted by atomic mass is 16.2. The van der Waals surface area contributed by atoms with Gasteiger partial charge in [0.05, 0.1) is 11.7 Å². The second kappa shape index (κ2) is 7.15. The van der Waals surface area contributed by atoms with Crippen molar-refractivity contribution >= 4 is 5.91 Å². The molecule has 0 unspecified atom stereocenters. The number of amides is 1. The Kier molecular flexibility index (Phi) is 4.72. The van der Waals surface area contributed by atoms with Crippen molar-refractivity contribution in [2.45, 2.75) is 58.2 Å². The fourth-order valence-corrected chi connectivity index (χ4v) is 3.82. The number of aromatic nitrogens is 4. The summed E-state index contributed by atoms with van der Waals surface area (Å²) in [6.07, 6.45) is 8.64. The minimum atomic E-state index is 0.122. The normalized spacial score (nSPS) is 19.8. The summed E-state index contributed by atoms with van der Waals surface area (Å²) in [5.41, 5.74) is 2.17. The van der Waals surface area contributed by atoms with Crippen LogP contribution in [0.5, 0.6) is 0 Å². The highest BCUT2D eigenvalue weighted by Gasteiger charge is 2.25. The predicted octanol–water partition coefficient (Wildman–Crippen LogP) is 1.81. The highest BCUT2D eigenvalue weighted by molar-refractivity contribution is 5.76. The second-order valence-corrected chi connectivity index (χ2v) is 7.48. The maximum Gasteiger partial charge on any atom is 0.242 e. The molecule has 2 aromatic rings. The highest BCUT2D eigenvalue weighted by Crippen LogP contribution is 2.23. The smallest absolute Gasteiger partial charge is 0.242 e. The van der Waals surface area contributed by atoms with Crippen LogP contribution in [0, 0.1) is 0 Å². The molecule has 0 radical (unpaired) electrons. The average Bonchev–Trinajstić information content (AvgIpc) is 3.32. The largest absolute Gasteiger partial charge is 0.336 e. The van der Waals surface area contributed by atoms with Crippen LogP contribution in [0.1, 0.15) is 61.6 Å². The van der Waals surface area contributed by atoms with Gasteiger partial charge in [0.15, 0.2) is 0 Å². The van der Waals surface area contributed by atoms with Crippen molar-refractivity contribution in [2.24, 2.45) is 0 Å². The third kappa shape index (κ3) is 3.35. The Morgan fingerprint density at radius 3 is 3.04 bits per heavy atom. The SMILES string of the molecule is CC(C)c1nccn1CC(=O)N1CCc2nc([C@@H]3CCCN3)ncc2C1. The van der Waals surface area contributed by atoms with Gasteiger partial charge in [-0.1, -0.05) is 13.8 Å². The second-order valence-electron chi connectivity index (χ2n) is 7.48. The molecule has 0 aliphatic carbocycles. The monoisotopic (exact) mass is 354 g/mol. The molecule has 4 heterocycles. The van der Waals surface area contributed by atoms with Crippen LogP contribution < -0.4 is 5.32 Å². The van der Waals surface area contributed by atoms with Gasteiger partial charge in [0.1, 0.15) is 18.2 Å². The molecule has 4 rings (SSSR count). The molecule has 2 aliphatic rings.